The molecule has 12 heteroatoms. The van der Waals surface area contributed by atoms with Gasteiger partial charge in [0.1, 0.15) is 34.5 Å². The summed E-state index contributed by atoms with van der Waals surface area (Å²) in [5.41, 5.74) is -1.16. The summed E-state index contributed by atoms with van der Waals surface area (Å²) in [6, 6.07) is 37.1. The van der Waals surface area contributed by atoms with Crippen molar-refractivity contribution in [2.75, 3.05) is 0 Å². The number of aryl methyl sites for hydroxylation is 6. The molecular formula is C54H42O12. The highest BCUT2D eigenvalue weighted by atomic mass is 16.6. The first-order valence-corrected chi connectivity index (χ1v) is 20.6. The molecule has 66 heavy (non-hydrogen) atoms. The van der Waals surface area contributed by atoms with Crippen LogP contribution in [0.5, 0.6) is 34.5 Å². The predicted molar refractivity (Wildman–Crippen MR) is 243 cm³/mol. The molecule has 12 nitrogen and oxygen atoms in total. The van der Waals surface area contributed by atoms with Crippen LogP contribution in [0.3, 0.4) is 0 Å². The Balaban J connectivity index is 1.61. The lowest BCUT2D eigenvalue weighted by Gasteiger charge is -2.22. The van der Waals surface area contributed by atoms with Crippen LogP contribution in [0.25, 0.3) is 0 Å². The largest absolute Gasteiger partial charge is 0.423 e. The third-order valence-corrected chi connectivity index (χ3v) is 10.1. The van der Waals surface area contributed by atoms with Crippen LogP contribution >= 0.6 is 0 Å². The molecule has 0 N–H and O–H groups in total. The molecule has 0 radical (unpaired) electrons. The zero-order chi connectivity index (χ0) is 47.1. The number of carbonyl (C=O) groups is 6. The smallest absolute Gasteiger partial charge is 0.345 e. The van der Waals surface area contributed by atoms with Gasteiger partial charge in [-0.3, -0.25) is 0 Å². The molecule has 0 aromatic heterocycles. The number of carbonyl (C=O) groups excluding carboxylic acids is 6. The summed E-state index contributed by atoms with van der Waals surface area (Å²) >= 11 is 0. The molecule has 0 amide bonds. The summed E-state index contributed by atoms with van der Waals surface area (Å²) in [4.78, 5) is 90.2. The van der Waals surface area contributed by atoms with Crippen LogP contribution < -0.4 is 28.4 Å². The van der Waals surface area contributed by atoms with Gasteiger partial charge in [-0.1, -0.05) is 106 Å². The maximum Gasteiger partial charge on any atom is 0.345 e. The Morgan fingerprint density at radius 2 is 0.318 bits per heavy atom. The van der Waals surface area contributed by atoms with Gasteiger partial charge in [-0.2, -0.15) is 0 Å². The normalized spacial score (nSPS) is 10.6. The van der Waals surface area contributed by atoms with E-state index in [9.17, 15) is 0 Å². The number of rotatable bonds is 12. The van der Waals surface area contributed by atoms with Gasteiger partial charge in [0.05, 0.1) is 33.4 Å². The highest BCUT2D eigenvalue weighted by Crippen LogP contribution is 2.36. The first-order chi connectivity index (χ1) is 31.6. The van der Waals surface area contributed by atoms with Crippen LogP contribution in [0.4, 0.5) is 0 Å². The summed E-state index contributed by atoms with van der Waals surface area (Å²) in [6.45, 7) is 10.8. The lowest BCUT2D eigenvalue weighted by Crippen LogP contribution is -2.34. The van der Waals surface area contributed by atoms with Gasteiger partial charge in [-0.05, 0) is 114 Å². The standard InChI is InChI=1S/C54H42O12/c1-31-7-19-37(20-8-31)61-49(55)43-44(50(56)62-38-21-9-32(2)10-22-38)46(52(58)64-40-25-13-34(4)14-26-40)48(54(60)66-42-29-17-36(6)18-30-42)47(53(59)65-41-27-15-35(5)16-28-41)45(43)51(57)63-39-23-11-33(3)12-24-39/h7-30H,1-6H3. The molecule has 7 rings (SSSR count). The molecule has 7 aromatic rings. The molecule has 330 valence electrons. The summed E-state index contributed by atoms with van der Waals surface area (Å²) in [7, 11) is 0. The van der Waals surface area contributed by atoms with E-state index in [0.29, 0.717) is 0 Å². The first-order valence-electron chi connectivity index (χ1n) is 20.6. The highest BCUT2D eigenvalue weighted by Gasteiger charge is 2.44. The minimum Gasteiger partial charge on any atom is -0.423 e. The van der Waals surface area contributed by atoms with Gasteiger partial charge in [0.2, 0.25) is 0 Å². The molecule has 0 bridgehead atoms. The van der Waals surface area contributed by atoms with Crippen LogP contribution in [0.2, 0.25) is 0 Å². The number of hydrogen-bond acceptors (Lipinski definition) is 12. The van der Waals surface area contributed by atoms with Gasteiger partial charge in [-0.25, -0.2) is 28.8 Å². The summed E-state index contributed by atoms with van der Waals surface area (Å²) < 4.78 is 35.0. The van der Waals surface area contributed by atoms with Crippen molar-refractivity contribution in [2.45, 2.75) is 41.5 Å². The summed E-state index contributed by atoms with van der Waals surface area (Å²) in [6.07, 6.45) is 0. The van der Waals surface area contributed by atoms with Gasteiger partial charge in [0.15, 0.2) is 0 Å². The average Bonchev–Trinajstić information content (AvgIpc) is 3.29. The van der Waals surface area contributed by atoms with Crippen LogP contribution in [0, 0.1) is 41.5 Å². The Labute approximate surface area is 380 Å². The van der Waals surface area contributed by atoms with E-state index in [1.165, 1.54) is 72.8 Å². The molecule has 0 aliphatic rings. The van der Waals surface area contributed by atoms with Gasteiger partial charge >= 0.3 is 35.8 Å². The molecule has 0 heterocycles. The van der Waals surface area contributed by atoms with E-state index in [4.69, 9.17) is 28.4 Å². The minimum atomic E-state index is -1.43. The van der Waals surface area contributed by atoms with Crippen molar-refractivity contribution in [1.82, 2.24) is 0 Å². The summed E-state index contributed by atoms with van der Waals surface area (Å²) in [5.74, 6) is -8.95. The van der Waals surface area contributed by atoms with Crippen LogP contribution in [-0.4, -0.2) is 35.8 Å². The number of esters is 6. The molecule has 0 spiro atoms. The Morgan fingerprint density at radius 1 is 0.212 bits per heavy atom. The Bertz CT molecular complexity index is 2420. The van der Waals surface area contributed by atoms with Gasteiger partial charge in [-0.15, -0.1) is 0 Å². The fraction of sp³-hybridized carbons (Fsp3) is 0.111. The number of ether oxygens (including phenoxy) is 6. The van der Waals surface area contributed by atoms with Crippen LogP contribution in [0.15, 0.2) is 146 Å². The minimum absolute atomic E-state index is 0.0586. The monoisotopic (exact) mass is 882 g/mol. The topological polar surface area (TPSA) is 158 Å². The first kappa shape index (κ1) is 45.4. The second-order valence-corrected chi connectivity index (χ2v) is 15.5. The fourth-order valence-corrected chi connectivity index (χ4v) is 6.56. The van der Waals surface area contributed by atoms with E-state index >= 15 is 28.8 Å². The van der Waals surface area contributed by atoms with Crippen molar-refractivity contribution in [3.63, 3.8) is 0 Å². The number of benzene rings is 7. The quantitative estimate of drug-likeness (QED) is 0.0846. The van der Waals surface area contributed by atoms with E-state index < -0.39 is 69.2 Å². The van der Waals surface area contributed by atoms with Crippen LogP contribution in [0.1, 0.15) is 95.5 Å². The Hall–Kier alpha value is -8.64. The fourth-order valence-electron chi connectivity index (χ4n) is 6.56. The molecule has 0 aliphatic heterocycles. The average molecular weight is 883 g/mol. The SMILES string of the molecule is Cc1ccc(OC(=O)c2c(C(=O)Oc3ccc(C)cc3)c(C(=O)Oc3ccc(C)cc3)c(C(=O)Oc3ccc(C)cc3)c(C(=O)Oc3ccc(C)cc3)c2C(=O)Oc2ccc(C)cc2)cc1. The zero-order valence-electron chi connectivity index (χ0n) is 36.8. The van der Waals surface area contributed by atoms with Gasteiger partial charge < -0.3 is 28.4 Å². The predicted octanol–water partition coefficient (Wildman–Crippen LogP) is 10.9. The Morgan fingerprint density at radius 3 is 0.424 bits per heavy atom. The van der Waals surface area contributed by atoms with E-state index in [1.54, 1.807) is 114 Å². The van der Waals surface area contributed by atoms with E-state index in [1.807, 2.05) is 0 Å². The highest BCUT2D eigenvalue weighted by molar-refractivity contribution is 6.25. The number of hydrogen-bond donors (Lipinski definition) is 0. The van der Waals surface area contributed by atoms with Crippen molar-refractivity contribution in [1.29, 1.82) is 0 Å². The molecule has 0 saturated carbocycles. The lowest BCUT2D eigenvalue weighted by atomic mass is 9.85. The van der Waals surface area contributed by atoms with E-state index in [0.717, 1.165) is 33.4 Å². The molecular weight excluding hydrogens is 841 g/mol. The Kier molecular flexibility index (Phi) is 13.6. The molecule has 7 aromatic carbocycles. The third kappa shape index (κ3) is 10.7. The van der Waals surface area contributed by atoms with Crippen molar-refractivity contribution >= 4 is 35.8 Å². The van der Waals surface area contributed by atoms with Crippen molar-refractivity contribution < 1.29 is 57.2 Å². The zero-order valence-corrected chi connectivity index (χ0v) is 36.8. The van der Waals surface area contributed by atoms with Crippen LogP contribution in [-0.2, 0) is 0 Å². The van der Waals surface area contributed by atoms with Crippen molar-refractivity contribution in [3.8, 4) is 34.5 Å². The second-order valence-electron chi connectivity index (χ2n) is 15.5. The third-order valence-electron chi connectivity index (χ3n) is 10.1. The molecule has 0 atom stereocenters. The molecule has 0 fully saturated rings. The van der Waals surface area contributed by atoms with Crippen molar-refractivity contribution in [2.24, 2.45) is 0 Å². The van der Waals surface area contributed by atoms with E-state index in [-0.39, 0.29) is 34.5 Å². The van der Waals surface area contributed by atoms with Gasteiger partial charge in [0.25, 0.3) is 0 Å². The van der Waals surface area contributed by atoms with Gasteiger partial charge in [0, 0.05) is 0 Å². The lowest BCUT2D eigenvalue weighted by molar-refractivity contribution is 0.0635. The summed E-state index contributed by atoms with van der Waals surface area (Å²) in [5, 5.41) is 0. The molecule has 0 saturated heterocycles. The maximum atomic E-state index is 15.0. The second kappa shape index (κ2) is 19.8. The maximum absolute atomic E-state index is 15.0. The molecule has 0 aliphatic carbocycles. The van der Waals surface area contributed by atoms with Crippen molar-refractivity contribution in [3.05, 3.63) is 212 Å². The molecule has 0 unspecified atom stereocenters. The van der Waals surface area contributed by atoms with E-state index in [2.05, 4.69) is 0 Å².